The molecule has 72 valence electrons. The first-order valence-corrected chi connectivity index (χ1v) is 4.93. The van der Waals surface area contributed by atoms with Gasteiger partial charge in [0.05, 0.1) is 10.4 Å². The molecule has 2 aromatic rings. The van der Waals surface area contributed by atoms with Gasteiger partial charge in [0.2, 0.25) is 0 Å². The summed E-state index contributed by atoms with van der Waals surface area (Å²) in [6.07, 6.45) is 1.02. The highest BCUT2D eigenvalue weighted by molar-refractivity contribution is 9.10. The summed E-state index contributed by atoms with van der Waals surface area (Å²) in [5.41, 5.74) is -0.396. The summed E-state index contributed by atoms with van der Waals surface area (Å²) in [6.45, 7) is 0. The van der Waals surface area contributed by atoms with Gasteiger partial charge in [-0.15, -0.1) is 0 Å². The van der Waals surface area contributed by atoms with Gasteiger partial charge in [0.1, 0.15) is 5.82 Å². The van der Waals surface area contributed by atoms with Gasteiger partial charge < -0.3 is 4.98 Å². The van der Waals surface area contributed by atoms with Gasteiger partial charge in [0.25, 0.3) is 5.56 Å². The van der Waals surface area contributed by atoms with Crippen molar-refractivity contribution < 1.29 is 4.39 Å². The van der Waals surface area contributed by atoms with Crippen LogP contribution in [0.25, 0.3) is 10.8 Å². The third-order valence-electron chi connectivity index (χ3n) is 1.90. The van der Waals surface area contributed by atoms with Gasteiger partial charge in [0, 0.05) is 16.1 Å². The van der Waals surface area contributed by atoms with Gasteiger partial charge in [-0.3, -0.25) is 4.79 Å². The zero-order valence-electron chi connectivity index (χ0n) is 6.77. The number of benzene rings is 1. The van der Waals surface area contributed by atoms with Gasteiger partial charge >= 0.3 is 0 Å². The van der Waals surface area contributed by atoms with E-state index in [9.17, 15) is 9.18 Å². The highest BCUT2D eigenvalue weighted by Crippen LogP contribution is 2.28. The normalized spacial score (nSPS) is 10.8. The van der Waals surface area contributed by atoms with Crippen molar-refractivity contribution in [2.45, 2.75) is 0 Å². The summed E-state index contributed by atoms with van der Waals surface area (Å²) in [5.74, 6) is -0.506. The van der Waals surface area contributed by atoms with Crippen molar-refractivity contribution in [1.82, 2.24) is 4.98 Å². The Morgan fingerprint density at radius 3 is 2.71 bits per heavy atom. The number of hydrogen-bond acceptors (Lipinski definition) is 1. The van der Waals surface area contributed by atoms with E-state index in [0.29, 0.717) is 4.47 Å². The average molecular weight is 276 g/mol. The summed E-state index contributed by atoms with van der Waals surface area (Å²) in [6, 6.07) is 3.15. The Hall–Kier alpha value is -0.870. The molecule has 0 amide bonds. The van der Waals surface area contributed by atoms with Gasteiger partial charge in [-0.2, -0.15) is 0 Å². The predicted molar refractivity (Wildman–Crippen MR) is 57.2 cm³/mol. The van der Waals surface area contributed by atoms with Gasteiger partial charge in [-0.1, -0.05) is 27.5 Å². The number of hydrogen-bond donors (Lipinski definition) is 1. The van der Waals surface area contributed by atoms with Crippen molar-refractivity contribution in [3.8, 4) is 0 Å². The fourth-order valence-corrected chi connectivity index (χ4v) is 2.04. The summed E-state index contributed by atoms with van der Waals surface area (Å²) < 4.78 is 13.9. The van der Waals surface area contributed by atoms with E-state index in [0.717, 1.165) is 6.20 Å². The first-order valence-electron chi connectivity index (χ1n) is 3.76. The Kier molecular flexibility index (Phi) is 2.33. The molecule has 0 saturated carbocycles. The zero-order valence-corrected chi connectivity index (χ0v) is 9.12. The van der Waals surface area contributed by atoms with E-state index in [2.05, 4.69) is 20.9 Å². The molecule has 0 bridgehead atoms. The van der Waals surface area contributed by atoms with Gasteiger partial charge in [-0.05, 0) is 12.1 Å². The number of rotatable bonds is 0. The highest BCUT2D eigenvalue weighted by Gasteiger charge is 2.10. The molecular weight excluding hydrogens is 272 g/mol. The lowest BCUT2D eigenvalue weighted by atomic mass is 10.2. The number of aromatic amines is 1. The second kappa shape index (κ2) is 3.37. The number of halogens is 3. The fraction of sp³-hybridized carbons (Fsp3) is 0. The van der Waals surface area contributed by atoms with Crippen LogP contribution in [0.2, 0.25) is 5.02 Å². The molecule has 0 aliphatic rings. The van der Waals surface area contributed by atoms with Crippen LogP contribution in [0.3, 0.4) is 0 Å². The van der Waals surface area contributed by atoms with E-state index >= 15 is 0 Å². The van der Waals surface area contributed by atoms with E-state index in [1.54, 1.807) is 12.1 Å². The standard InChI is InChI=1S/C9H4BrClFNO/c10-4-1-2-5(11)8-7(4)6(12)3-13-9(8)14/h1-3H,(H,13,14). The lowest BCUT2D eigenvalue weighted by Gasteiger charge is -2.02. The van der Waals surface area contributed by atoms with Crippen LogP contribution in [0.15, 0.2) is 27.6 Å². The maximum atomic E-state index is 13.3. The average Bonchev–Trinajstić information content (AvgIpc) is 2.16. The molecule has 2 nitrogen and oxygen atoms in total. The number of H-pyrrole nitrogens is 1. The van der Waals surface area contributed by atoms with Crippen molar-refractivity contribution >= 4 is 38.3 Å². The number of pyridine rings is 1. The molecule has 5 heteroatoms. The van der Waals surface area contributed by atoms with Crippen LogP contribution in [0, 0.1) is 5.82 Å². The van der Waals surface area contributed by atoms with Crippen LogP contribution in [0.1, 0.15) is 0 Å². The van der Waals surface area contributed by atoms with Gasteiger partial charge in [0.15, 0.2) is 0 Å². The van der Waals surface area contributed by atoms with Crippen LogP contribution < -0.4 is 5.56 Å². The predicted octanol–water partition coefficient (Wildman–Crippen LogP) is 3.08. The maximum Gasteiger partial charge on any atom is 0.257 e. The molecule has 1 heterocycles. The second-order valence-electron chi connectivity index (χ2n) is 2.74. The minimum absolute atomic E-state index is 0.168. The number of fused-ring (bicyclic) bond motifs is 1. The van der Waals surface area contributed by atoms with E-state index in [-0.39, 0.29) is 15.8 Å². The van der Waals surface area contributed by atoms with Crippen LogP contribution in [-0.2, 0) is 0 Å². The first-order chi connectivity index (χ1) is 6.61. The van der Waals surface area contributed by atoms with Crippen LogP contribution in [0.5, 0.6) is 0 Å². The third-order valence-corrected chi connectivity index (χ3v) is 2.88. The van der Waals surface area contributed by atoms with E-state index in [4.69, 9.17) is 11.6 Å². The number of aromatic nitrogens is 1. The third kappa shape index (κ3) is 1.35. The molecule has 0 spiro atoms. The van der Waals surface area contributed by atoms with E-state index < -0.39 is 11.4 Å². The fourth-order valence-electron chi connectivity index (χ4n) is 1.28. The monoisotopic (exact) mass is 275 g/mol. The summed E-state index contributed by atoms with van der Waals surface area (Å²) in [5, 5.41) is 0.617. The van der Waals surface area contributed by atoms with Crippen molar-refractivity contribution in [2.75, 3.05) is 0 Å². The second-order valence-corrected chi connectivity index (χ2v) is 4.01. The molecule has 1 aromatic carbocycles. The smallest absolute Gasteiger partial charge is 0.257 e. The largest absolute Gasteiger partial charge is 0.326 e. The molecular formula is C9H4BrClFNO. The molecule has 0 aliphatic heterocycles. The number of nitrogens with one attached hydrogen (secondary N) is 1. The lowest BCUT2D eigenvalue weighted by Crippen LogP contribution is -2.07. The molecule has 0 fully saturated rings. The summed E-state index contributed by atoms with van der Waals surface area (Å²) >= 11 is 8.96. The minimum atomic E-state index is -0.506. The maximum absolute atomic E-state index is 13.3. The molecule has 0 saturated heterocycles. The molecule has 1 aromatic heterocycles. The lowest BCUT2D eigenvalue weighted by molar-refractivity contribution is 0.632. The Balaban J connectivity index is 3.14. The van der Waals surface area contributed by atoms with Crippen LogP contribution in [0.4, 0.5) is 4.39 Å². The molecule has 14 heavy (non-hydrogen) atoms. The molecule has 0 atom stereocenters. The van der Waals surface area contributed by atoms with Crippen LogP contribution in [-0.4, -0.2) is 4.98 Å². The molecule has 2 rings (SSSR count). The Bertz CT molecular complexity index is 558. The Morgan fingerprint density at radius 1 is 1.36 bits per heavy atom. The van der Waals surface area contributed by atoms with E-state index in [1.165, 1.54) is 0 Å². The quantitative estimate of drug-likeness (QED) is 0.788. The van der Waals surface area contributed by atoms with Crippen molar-refractivity contribution in [3.05, 3.63) is 44.0 Å². The topological polar surface area (TPSA) is 32.9 Å². The minimum Gasteiger partial charge on any atom is -0.326 e. The van der Waals surface area contributed by atoms with Crippen molar-refractivity contribution in [1.29, 1.82) is 0 Å². The SMILES string of the molecule is O=c1[nH]cc(F)c2c(Br)ccc(Cl)c12. The van der Waals surface area contributed by atoms with Crippen molar-refractivity contribution in [2.24, 2.45) is 0 Å². The molecule has 0 unspecified atom stereocenters. The van der Waals surface area contributed by atoms with Crippen molar-refractivity contribution in [3.63, 3.8) is 0 Å². The van der Waals surface area contributed by atoms with Crippen LogP contribution >= 0.6 is 27.5 Å². The Labute approximate surface area is 91.8 Å². The highest BCUT2D eigenvalue weighted by atomic mass is 79.9. The Morgan fingerprint density at radius 2 is 2.07 bits per heavy atom. The zero-order chi connectivity index (χ0) is 10.3. The van der Waals surface area contributed by atoms with E-state index in [1.807, 2.05) is 0 Å². The first kappa shape index (κ1) is 9.68. The van der Waals surface area contributed by atoms with Gasteiger partial charge in [-0.25, -0.2) is 4.39 Å². The molecule has 1 N–H and O–H groups in total. The summed E-state index contributed by atoms with van der Waals surface area (Å²) in [4.78, 5) is 13.7. The molecule has 0 radical (unpaired) electrons. The summed E-state index contributed by atoms with van der Waals surface area (Å²) in [7, 11) is 0. The molecule has 0 aliphatic carbocycles.